The lowest BCUT2D eigenvalue weighted by atomic mass is 9.97. The van der Waals surface area contributed by atoms with E-state index in [9.17, 15) is 4.79 Å². The molecule has 2 heteroatoms. The third-order valence-corrected chi connectivity index (χ3v) is 2.99. The number of hydrogen-bond acceptors (Lipinski definition) is 1. The van der Waals surface area contributed by atoms with Crippen molar-refractivity contribution in [2.45, 2.75) is 12.8 Å². The smallest absolute Gasteiger partial charge is 0.310 e. The predicted molar refractivity (Wildman–Crippen MR) is 70.1 cm³/mol. The highest BCUT2D eigenvalue weighted by molar-refractivity contribution is 5.87. The van der Waals surface area contributed by atoms with E-state index in [1.165, 1.54) is 0 Å². The molecule has 0 fully saturated rings. The van der Waals surface area contributed by atoms with Crippen LogP contribution in [-0.4, -0.2) is 11.1 Å². The molecule has 17 heavy (non-hydrogen) atoms. The molecule has 1 N–H and O–H groups in total. The van der Waals surface area contributed by atoms with Gasteiger partial charge in [-0.25, -0.2) is 0 Å². The number of carboxylic acids is 1. The Morgan fingerprint density at radius 3 is 2.59 bits per heavy atom. The van der Waals surface area contributed by atoms with Crippen LogP contribution < -0.4 is 0 Å². The minimum Gasteiger partial charge on any atom is -0.481 e. The third-order valence-electron chi connectivity index (χ3n) is 2.99. The van der Waals surface area contributed by atoms with Crippen LogP contribution in [0.25, 0.3) is 16.8 Å². The fourth-order valence-electron chi connectivity index (χ4n) is 1.82. The maximum atomic E-state index is 10.9. The summed E-state index contributed by atoms with van der Waals surface area (Å²) >= 11 is 0. The largest absolute Gasteiger partial charge is 0.481 e. The summed E-state index contributed by atoms with van der Waals surface area (Å²) in [5, 5.41) is 11.1. The van der Waals surface area contributed by atoms with Crippen molar-refractivity contribution in [2.24, 2.45) is 0 Å². The minimum atomic E-state index is -0.802. The van der Waals surface area contributed by atoms with Crippen molar-refractivity contribution in [1.29, 1.82) is 0 Å². The first-order chi connectivity index (χ1) is 8.11. The lowest BCUT2D eigenvalue weighted by Gasteiger charge is -2.08. The van der Waals surface area contributed by atoms with Gasteiger partial charge in [-0.3, -0.25) is 4.79 Å². The number of carboxylic acid groups (broad SMARTS) is 1. The summed E-state index contributed by atoms with van der Waals surface area (Å²) < 4.78 is 0. The van der Waals surface area contributed by atoms with E-state index in [1.54, 1.807) is 13.0 Å². The zero-order valence-corrected chi connectivity index (χ0v) is 9.68. The van der Waals surface area contributed by atoms with E-state index < -0.39 is 11.9 Å². The topological polar surface area (TPSA) is 37.3 Å². The second-order valence-corrected chi connectivity index (χ2v) is 4.13. The molecule has 0 amide bonds. The summed E-state index contributed by atoms with van der Waals surface area (Å²) in [5.41, 5.74) is 1.86. The Morgan fingerprint density at radius 2 is 1.94 bits per heavy atom. The van der Waals surface area contributed by atoms with E-state index in [1.807, 2.05) is 36.4 Å². The van der Waals surface area contributed by atoms with Crippen LogP contribution in [0.2, 0.25) is 0 Å². The van der Waals surface area contributed by atoms with Crippen molar-refractivity contribution in [3.63, 3.8) is 0 Å². The summed E-state index contributed by atoms with van der Waals surface area (Å²) in [4.78, 5) is 10.9. The maximum Gasteiger partial charge on any atom is 0.310 e. The molecule has 2 aromatic carbocycles. The Morgan fingerprint density at radius 1 is 1.24 bits per heavy atom. The van der Waals surface area contributed by atoms with E-state index in [-0.39, 0.29) is 0 Å². The van der Waals surface area contributed by atoms with Gasteiger partial charge in [-0.05, 0) is 34.9 Å². The first-order valence-electron chi connectivity index (χ1n) is 5.51. The summed E-state index contributed by atoms with van der Waals surface area (Å²) in [7, 11) is 0. The van der Waals surface area contributed by atoms with Gasteiger partial charge in [-0.1, -0.05) is 43.0 Å². The zero-order chi connectivity index (χ0) is 12.4. The summed E-state index contributed by atoms with van der Waals surface area (Å²) in [6.07, 6.45) is 1.78. The lowest BCUT2D eigenvalue weighted by Crippen LogP contribution is -2.06. The van der Waals surface area contributed by atoms with E-state index in [0.29, 0.717) is 0 Å². The average molecular weight is 226 g/mol. The van der Waals surface area contributed by atoms with Crippen molar-refractivity contribution in [3.05, 3.63) is 54.1 Å². The van der Waals surface area contributed by atoms with E-state index in [0.717, 1.165) is 21.9 Å². The maximum absolute atomic E-state index is 10.9. The fourth-order valence-corrected chi connectivity index (χ4v) is 1.82. The van der Waals surface area contributed by atoms with Crippen LogP contribution in [0.15, 0.2) is 43.0 Å². The molecule has 0 bridgehead atoms. The molecule has 0 aliphatic carbocycles. The first-order valence-corrected chi connectivity index (χ1v) is 5.51. The van der Waals surface area contributed by atoms with Gasteiger partial charge in [-0.15, -0.1) is 0 Å². The molecule has 2 aromatic rings. The predicted octanol–water partition coefficient (Wildman–Crippen LogP) is 3.67. The quantitative estimate of drug-likeness (QED) is 0.867. The van der Waals surface area contributed by atoms with E-state index in [4.69, 9.17) is 5.11 Å². The average Bonchev–Trinajstić information content (AvgIpc) is 2.36. The Labute approximate surface area is 100 Å². The monoisotopic (exact) mass is 226 g/mol. The molecule has 0 aromatic heterocycles. The van der Waals surface area contributed by atoms with Gasteiger partial charge in [0.1, 0.15) is 0 Å². The van der Waals surface area contributed by atoms with Crippen molar-refractivity contribution in [2.75, 3.05) is 0 Å². The van der Waals surface area contributed by atoms with Crippen molar-refractivity contribution in [3.8, 4) is 0 Å². The highest BCUT2D eigenvalue weighted by atomic mass is 16.4. The molecule has 0 saturated heterocycles. The second kappa shape index (κ2) is 4.42. The lowest BCUT2D eigenvalue weighted by molar-refractivity contribution is -0.138. The molecule has 0 saturated carbocycles. The summed E-state index contributed by atoms with van der Waals surface area (Å²) in [6, 6.07) is 11.8. The van der Waals surface area contributed by atoms with Crippen LogP contribution in [0, 0.1) is 0 Å². The normalized spacial score (nSPS) is 12.3. The molecule has 0 radical (unpaired) electrons. The first kappa shape index (κ1) is 11.4. The van der Waals surface area contributed by atoms with Gasteiger partial charge in [0.15, 0.2) is 0 Å². The van der Waals surface area contributed by atoms with Crippen LogP contribution in [0.3, 0.4) is 0 Å². The molecule has 0 spiro atoms. The number of benzene rings is 2. The van der Waals surface area contributed by atoms with Gasteiger partial charge in [0.05, 0.1) is 5.92 Å². The van der Waals surface area contributed by atoms with Crippen LogP contribution in [0.5, 0.6) is 0 Å². The number of hydrogen-bond donors (Lipinski definition) is 1. The Kier molecular flexibility index (Phi) is 2.96. The Bertz CT molecular complexity index is 584. The van der Waals surface area contributed by atoms with Crippen LogP contribution >= 0.6 is 0 Å². The Balaban J connectivity index is 2.55. The van der Waals surface area contributed by atoms with Crippen LogP contribution in [-0.2, 0) is 4.79 Å². The summed E-state index contributed by atoms with van der Waals surface area (Å²) in [5.74, 6) is -1.28. The van der Waals surface area contributed by atoms with E-state index >= 15 is 0 Å². The zero-order valence-electron chi connectivity index (χ0n) is 9.68. The molecule has 0 aliphatic rings. The SMILES string of the molecule is C=Cc1ccc2ccc(C(C)C(=O)O)cc2c1. The molecule has 1 unspecified atom stereocenters. The standard InChI is InChI=1S/C15H14O2/c1-3-11-4-5-12-6-7-13(9-14(12)8-11)10(2)15(16)17/h3-10H,1H2,2H3,(H,16,17). The van der Waals surface area contributed by atoms with Crippen LogP contribution in [0.4, 0.5) is 0 Å². The number of fused-ring (bicyclic) bond motifs is 1. The van der Waals surface area contributed by atoms with Gasteiger partial charge in [0.25, 0.3) is 0 Å². The highest BCUT2D eigenvalue weighted by Gasteiger charge is 2.13. The minimum absolute atomic E-state index is 0.480. The van der Waals surface area contributed by atoms with Crippen molar-refractivity contribution in [1.82, 2.24) is 0 Å². The van der Waals surface area contributed by atoms with Crippen molar-refractivity contribution < 1.29 is 9.90 Å². The third kappa shape index (κ3) is 2.21. The molecule has 2 nitrogen and oxygen atoms in total. The molecule has 2 rings (SSSR count). The van der Waals surface area contributed by atoms with Gasteiger partial charge in [-0.2, -0.15) is 0 Å². The van der Waals surface area contributed by atoms with Gasteiger partial charge >= 0.3 is 5.97 Å². The highest BCUT2D eigenvalue weighted by Crippen LogP contribution is 2.23. The number of carbonyl (C=O) groups is 1. The Hall–Kier alpha value is -2.09. The molecular weight excluding hydrogens is 212 g/mol. The fraction of sp³-hybridized carbons (Fsp3) is 0.133. The molecular formula is C15H14O2. The molecule has 86 valence electrons. The van der Waals surface area contributed by atoms with E-state index in [2.05, 4.69) is 6.58 Å². The van der Waals surface area contributed by atoms with Gasteiger partial charge in [0.2, 0.25) is 0 Å². The van der Waals surface area contributed by atoms with Crippen molar-refractivity contribution >= 4 is 22.8 Å². The number of rotatable bonds is 3. The number of aliphatic carboxylic acids is 1. The summed E-state index contributed by atoms with van der Waals surface area (Å²) in [6.45, 7) is 5.42. The molecule has 1 atom stereocenters. The second-order valence-electron chi connectivity index (χ2n) is 4.13. The van der Waals surface area contributed by atoms with Crippen LogP contribution in [0.1, 0.15) is 24.0 Å². The van der Waals surface area contributed by atoms with Gasteiger partial charge in [0, 0.05) is 0 Å². The van der Waals surface area contributed by atoms with Gasteiger partial charge < -0.3 is 5.11 Å². The molecule has 0 aliphatic heterocycles. The molecule has 0 heterocycles.